The van der Waals surface area contributed by atoms with Gasteiger partial charge < -0.3 is 34.0 Å². The van der Waals surface area contributed by atoms with Crippen molar-refractivity contribution in [1.82, 2.24) is 5.32 Å². The zero-order chi connectivity index (χ0) is 49.4. The Hall–Kier alpha value is -1.32. The van der Waals surface area contributed by atoms with Gasteiger partial charge in [-0.05, 0) is 58.3 Å². The second-order valence-electron chi connectivity index (χ2n) is 20.8. The van der Waals surface area contributed by atoms with Gasteiger partial charge in [-0.1, -0.05) is 236 Å². The molecule has 9 nitrogen and oxygen atoms in total. The fraction of sp³-hybridized carbons (Fsp3) is 0.877. The van der Waals surface area contributed by atoms with E-state index in [-0.39, 0.29) is 18.9 Å². The van der Waals surface area contributed by atoms with Gasteiger partial charge in [-0.15, -0.1) is 0 Å². The maximum atomic E-state index is 13.0. The van der Waals surface area contributed by atoms with Gasteiger partial charge in [-0.2, -0.15) is 0 Å². The van der Waals surface area contributed by atoms with E-state index < -0.39 is 32.7 Å². The lowest BCUT2D eigenvalue weighted by atomic mass is 10.0. The fourth-order valence-electron chi connectivity index (χ4n) is 8.53. The summed E-state index contributed by atoms with van der Waals surface area (Å²) in [7, 11) is 1.10. The first-order valence-electron chi connectivity index (χ1n) is 28.4. The normalized spacial score (nSPS) is 14.7. The maximum Gasteiger partial charge on any atom is 0.268 e. The number of phosphoric acid groups is 1. The lowest BCUT2D eigenvalue weighted by Gasteiger charge is -2.31. The van der Waals surface area contributed by atoms with Crippen LogP contribution in [0.5, 0.6) is 0 Å². The predicted molar refractivity (Wildman–Crippen MR) is 285 cm³/mol. The molecule has 4 unspecified atom stereocenters. The van der Waals surface area contributed by atoms with Crippen molar-refractivity contribution in [2.45, 2.75) is 283 Å². The third kappa shape index (κ3) is 49.5. The summed E-state index contributed by atoms with van der Waals surface area (Å²) in [4.78, 5) is 25.5. The standard InChI is InChI=1S/C57H111N2O7P/c1-6-8-10-12-14-16-18-20-21-22-23-24-25-26-27-28-29-30-31-32-33-34-35-36-37-38-40-42-44-46-48-50-56(61)58-54(53-66-67(63,64)65-52-51-59(3,4)5)57(62)55(60)49-47-45-43-41-39-19-17-15-13-11-9-7-2/h7,9,15,17,41,43,54-55,57,60,62H,6,8,10-14,16,18-40,42,44-53H2,1-5H3,(H-,58,61,63,64)/b9-7+,17-15+,43-41+. The Morgan fingerprint density at radius 3 is 1.28 bits per heavy atom. The average Bonchev–Trinajstić information content (AvgIpc) is 3.29. The molecule has 1 amide bonds. The number of phosphoric ester groups is 1. The van der Waals surface area contributed by atoms with E-state index >= 15 is 0 Å². The number of amides is 1. The minimum atomic E-state index is -4.68. The molecule has 0 aliphatic rings. The van der Waals surface area contributed by atoms with Crippen LogP contribution in [-0.2, 0) is 18.4 Å². The van der Waals surface area contributed by atoms with E-state index in [0.717, 1.165) is 44.9 Å². The number of quaternary nitrogens is 1. The predicted octanol–water partition coefficient (Wildman–Crippen LogP) is 15.3. The van der Waals surface area contributed by atoms with Crippen LogP contribution in [0.3, 0.4) is 0 Å². The van der Waals surface area contributed by atoms with Gasteiger partial charge in [0.2, 0.25) is 5.91 Å². The van der Waals surface area contributed by atoms with Crippen LogP contribution >= 0.6 is 7.82 Å². The quantitative estimate of drug-likeness (QED) is 0.0240. The first-order chi connectivity index (χ1) is 32.4. The molecule has 0 fully saturated rings. The van der Waals surface area contributed by atoms with E-state index in [0.29, 0.717) is 30.3 Å². The molecule has 0 aromatic rings. The van der Waals surface area contributed by atoms with E-state index in [1.165, 1.54) is 180 Å². The number of hydrogen-bond acceptors (Lipinski definition) is 7. The number of nitrogens with zero attached hydrogens (tertiary/aromatic N) is 1. The number of carbonyl (C=O) groups is 1. The highest BCUT2D eigenvalue weighted by atomic mass is 31.2. The SMILES string of the molecule is C/C=C/CC/C=C/CC/C=C/CCCC(O)C(O)C(COP(=O)([O-])OCC[N+](C)(C)C)NC(=O)CCCCCCCCCCCCCCCCCCCCCCCCCCCCCCCCC. The highest BCUT2D eigenvalue weighted by Crippen LogP contribution is 2.38. The van der Waals surface area contributed by atoms with Crippen LogP contribution in [0.2, 0.25) is 0 Å². The van der Waals surface area contributed by atoms with Crippen molar-refractivity contribution in [3.05, 3.63) is 36.5 Å². The zero-order valence-electron chi connectivity index (χ0n) is 44.7. The molecule has 67 heavy (non-hydrogen) atoms. The summed E-state index contributed by atoms with van der Waals surface area (Å²) < 4.78 is 23.2. The summed E-state index contributed by atoms with van der Waals surface area (Å²) in [6, 6.07) is -1.10. The Morgan fingerprint density at radius 1 is 0.552 bits per heavy atom. The molecule has 3 N–H and O–H groups in total. The van der Waals surface area contributed by atoms with Crippen LogP contribution in [-0.4, -0.2) is 79.8 Å². The molecular weight excluding hydrogens is 856 g/mol. The molecule has 0 bridgehead atoms. The van der Waals surface area contributed by atoms with Crippen molar-refractivity contribution in [2.24, 2.45) is 0 Å². The minimum Gasteiger partial charge on any atom is -0.756 e. The Balaban J connectivity index is 4.08. The lowest BCUT2D eigenvalue weighted by Crippen LogP contribution is -2.51. The first kappa shape index (κ1) is 65.7. The second-order valence-corrected chi connectivity index (χ2v) is 22.2. The summed E-state index contributed by atoms with van der Waals surface area (Å²) >= 11 is 0. The van der Waals surface area contributed by atoms with Crippen LogP contribution in [0.4, 0.5) is 0 Å². The Labute approximate surface area is 415 Å². The Morgan fingerprint density at radius 2 is 0.910 bits per heavy atom. The molecule has 0 radical (unpaired) electrons. The number of aliphatic hydroxyl groups excluding tert-OH is 2. The first-order valence-corrected chi connectivity index (χ1v) is 29.8. The number of unbranched alkanes of at least 4 members (excludes halogenated alkanes) is 33. The van der Waals surface area contributed by atoms with Crippen molar-refractivity contribution in [1.29, 1.82) is 0 Å². The molecule has 4 atom stereocenters. The van der Waals surface area contributed by atoms with Gasteiger partial charge in [0.25, 0.3) is 7.82 Å². The maximum absolute atomic E-state index is 13.0. The van der Waals surface area contributed by atoms with Gasteiger partial charge in [0.15, 0.2) is 0 Å². The molecular formula is C57H111N2O7P. The number of carbonyl (C=O) groups excluding carboxylic acids is 1. The number of hydrogen-bond donors (Lipinski definition) is 3. The molecule has 0 heterocycles. The summed E-state index contributed by atoms with van der Waals surface area (Å²) in [6.45, 7) is 4.22. The van der Waals surface area contributed by atoms with Crippen LogP contribution < -0.4 is 10.2 Å². The molecule has 0 rings (SSSR count). The van der Waals surface area contributed by atoms with Crippen LogP contribution in [0.1, 0.15) is 264 Å². The average molecular weight is 967 g/mol. The van der Waals surface area contributed by atoms with Gasteiger partial charge in [0.05, 0.1) is 39.9 Å². The third-order valence-corrected chi connectivity index (χ3v) is 14.0. The number of rotatable bonds is 52. The highest BCUT2D eigenvalue weighted by Gasteiger charge is 2.29. The summed E-state index contributed by atoms with van der Waals surface area (Å²) in [6.07, 6.45) is 58.2. The highest BCUT2D eigenvalue weighted by molar-refractivity contribution is 7.45. The fourth-order valence-corrected chi connectivity index (χ4v) is 9.25. The van der Waals surface area contributed by atoms with E-state index in [1.54, 1.807) is 0 Å². The van der Waals surface area contributed by atoms with Gasteiger partial charge in [-0.25, -0.2) is 0 Å². The Bertz CT molecular complexity index is 1210. The van der Waals surface area contributed by atoms with Gasteiger partial charge in [0.1, 0.15) is 19.3 Å². The summed E-state index contributed by atoms with van der Waals surface area (Å²) in [5, 5.41) is 24.7. The molecule has 10 heteroatoms. The van der Waals surface area contributed by atoms with Crippen LogP contribution in [0, 0.1) is 0 Å². The minimum absolute atomic E-state index is 0.0491. The van der Waals surface area contributed by atoms with Gasteiger partial charge >= 0.3 is 0 Å². The molecule has 0 saturated carbocycles. The molecule has 0 aromatic heterocycles. The number of nitrogens with one attached hydrogen (secondary N) is 1. The number of allylic oxidation sites excluding steroid dienone is 6. The summed E-state index contributed by atoms with van der Waals surface area (Å²) in [5.74, 6) is -0.291. The lowest BCUT2D eigenvalue weighted by molar-refractivity contribution is -0.870. The van der Waals surface area contributed by atoms with Crippen LogP contribution in [0.15, 0.2) is 36.5 Å². The van der Waals surface area contributed by atoms with Crippen molar-refractivity contribution in [3.8, 4) is 0 Å². The van der Waals surface area contributed by atoms with Crippen molar-refractivity contribution < 1.29 is 38.0 Å². The number of likely N-dealkylation sites (N-methyl/N-ethyl adjacent to an activating group) is 1. The molecule has 0 aromatic carbocycles. The molecule has 0 aliphatic heterocycles. The van der Waals surface area contributed by atoms with Crippen LogP contribution in [0.25, 0.3) is 0 Å². The topological polar surface area (TPSA) is 128 Å². The van der Waals surface area contributed by atoms with E-state index in [4.69, 9.17) is 9.05 Å². The van der Waals surface area contributed by atoms with E-state index in [2.05, 4.69) is 48.7 Å². The van der Waals surface area contributed by atoms with E-state index in [9.17, 15) is 24.5 Å². The zero-order valence-corrected chi connectivity index (χ0v) is 45.6. The molecule has 0 spiro atoms. The molecule has 0 aliphatic carbocycles. The second kappa shape index (κ2) is 48.3. The van der Waals surface area contributed by atoms with Crippen molar-refractivity contribution in [3.63, 3.8) is 0 Å². The summed E-state index contributed by atoms with van der Waals surface area (Å²) in [5.41, 5.74) is 0. The Kier molecular flexibility index (Phi) is 47.4. The number of aliphatic hydroxyl groups is 2. The van der Waals surface area contributed by atoms with Gasteiger partial charge in [-0.3, -0.25) is 9.36 Å². The van der Waals surface area contributed by atoms with Gasteiger partial charge in [0, 0.05) is 6.42 Å². The van der Waals surface area contributed by atoms with E-state index in [1.807, 2.05) is 28.1 Å². The molecule has 396 valence electrons. The monoisotopic (exact) mass is 967 g/mol. The largest absolute Gasteiger partial charge is 0.756 e. The molecule has 0 saturated heterocycles. The smallest absolute Gasteiger partial charge is 0.268 e. The van der Waals surface area contributed by atoms with Crippen molar-refractivity contribution in [2.75, 3.05) is 40.9 Å². The van der Waals surface area contributed by atoms with Crippen molar-refractivity contribution >= 4 is 13.7 Å². The third-order valence-electron chi connectivity index (χ3n) is 13.0.